The van der Waals surface area contributed by atoms with E-state index in [1.54, 1.807) is 16.6 Å². The van der Waals surface area contributed by atoms with Crippen LogP contribution in [-0.2, 0) is 19.3 Å². The normalized spacial score (nSPS) is 18.2. The van der Waals surface area contributed by atoms with Crippen molar-refractivity contribution < 1.29 is 0 Å². The van der Waals surface area contributed by atoms with E-state index in [9.17, 15) is 0 Å². The molecule has 1 aromatic carbocycles. The van der Waals surface area contributed by atoms with E-state index in [4.69, 9.17) is 9.97 Å². The number of hydrogen-bond acceptors (Lipinski definition) is 6. The van der Waals surface area contributed by atoms with Crippen LogP contribution in [-0.4, -0.2) is 59.5 Å². The fraction of sp³-hybridized carbons (Fsp3) is 0.478. The van der Waals surface area contributed by atoms with Gasteiger partial charge < -0.3 is 9.80 Å². The maximum atomic E-state index is 5.10. The number of thiophene rings is 1. The summed E-state index contributed by atoms with van der Waals surface area (Å²) in [6, 6.07) is 10.7. The summed E-state index contributed by atoms with van der Waals surface area (Å²) in [6.07, 6.45) is 5.93. The molecular formula is C23H28N4S2. The van der Waals surface area contributed by atoms with Crippen molar-refractivity contribution in [2.24, 2.45) is 0 Å². The second-order valence-electron chi connectivity index (χ2n) is 8.15. The third-order valence-electron chi connectivity index (χ3n) is 6.03. The molecule has 5 rings (SSSR count). The van der Waals surface area contributed by atoms with Gasteiger partial charge in [-0.15, -0.1) is 11.3 Å². The molecule has 29 heavy (non-hydrogen) atoms. The Morgan fingerprint density at radius 3 is 2.62 bits per heavy atom. The summed E-state index contributed by atoms with van der Waals surface area (Å²) in [5.41, 5.74) is 1.53. The highest BCUT2D eigenvalue weighted by atomic mass is 32.2. The first-order chi connectivity index (χ1) is 14.3. The smallest absolute Gasteiger partial charge is 0.132 e. The minimum Gasteiger partial charge on any atom is -0.304 e. The standard InChI is InChI=1S/C23H28N4S2/c1-26-13-15-27(16-14-26)12-11-20-24-22(28-17-7-3-2-4-8-17)21-18-9-5-6-10-19(18)29-23(21)25-20/h2-4,7-8H,5-6,9-16H2,1H3. The number of rotatable bonds is 5. The number of hydrogen-bond donors (Lipinski definition) is 0. The zero-order valence-electron chi connectivity index (χ0n) is 17.1. The zero-order chi connectivity index (χ0) is 19.6. The second-order valence-corrected chi connectivity index (χ2v) is 10.3. The Morgan fingerprint density at radius 1 is 1.00 bits per heavy atom. The Balaban J connectivity index is 1.45. The summed E-state index contributed by atoms with van der Waals surface area (Å²) in [6.45, 7) is 5.68. The van der Waals surface area contributed by atoms with Crippen LogP contribution in [0.4, 0.5) is 0 Å². The molecule has 6 heteroatoms. The Hall–Kier alpha value is -1.47. The fourth-order valence-corrected chi connectivity index (χ4v) is 6.62. The SMILES string of the molecule is CN1CCN(CCc2nc(Sc3ccccc3)c3c4c(sc3n2)CCCC4)CC1. The molecule has 4 nitrogen and oxygen atoms in total. The third-order valence-corrected chi connectivity index (χ3v) is 8.22. The highest BCUT2D eigenvalue weighted by molar-refractivity contribution is 7.99. The molecule has 1 aliphatic heterocycles. The second kappa shape index (κ2) is 8.72. The van der Waals surface area contributed by atoms with Gasteiger partial charge in [0.2, 0.25) is 0 Å². The van der Waals surface area contributed by atoms with Crippen LogP contribution in [0.1, 0.15) is 29.1 Å². The number of aryl methyl sites for hydroxylation is 2. The maximum Gasteiger partial charge on any atom is 0.132 e. The molecule has 1 fully saturated rings. The van der Waals surface area contributed by atoms with Crippen LogP contribution in [0.5, 0.6) is 0 Å². The molecule has 0 saturated carbocycles. The summed E-state index contributed by atoms with van der Waals surface area (Å²) in [5, 5.41) is 2.50. The van der Waals surface area contributed by atoms with E-state index in [1.807, 2.05) is 11.3 Å². The van der Waals surface area contributed by atoms with Gasteiger partial charge in [-0.2, -0.15) is 0 Å². The molecule has 3 aromatic rings. The number of piperazine rings is 1. The maximum absolute atomic E-state index is 5.10. The Morgan fingerprint density at radius 2 is 1.79 bits per heavy atom. The number of fused-ring (bicyclic) bond motifs is 3. The van der Waals surface area contributed by atoms with Gasteiger partial charge in [0.15, 0.2) is 0 Å². The summed E-state index contributed by atoms with van der Waals surface area (Å²) in [7, 11) is 2.21. The van der Waals surface area contributed by atoms with Gasteiger partial charge in [-0.25, -0.2) is 9.97 Å². The molecule has 0 amide bonds. The van der Waals surface area contributed by atoms with Crippen molar-refractivity contribution in [3.05, 3.63) is 46.6 Å². The van der Waals surface area contributed by atoms with Crippen molar-refractivity contribution in [2.45, 2.75) is 42.0 Å². The fourth-order valence-electron chi connectivity index (χ4n) is 4.28. The number of aromatic nitrogens is 2. The van der Waals surface area contributed by atoms with E-state index in [-0.39, 0.29) is 0 Å². The van der Waals surface area contributed by atoms with E-state index in [1.165, 1.54) is 46.4 Å². The van der Waals surface area contributed by atoms with Crippen LogP contribution in [0.2, 0.25) is 0 Å². The number of likely N-dealkylation sites (N-methyl/N-ethyl adjacent to an activating group) is 1. The molecule has 0 radical (unpaired) electrons. The average molecular weight is 425 g/mol. The molecule has 2 aromatic heterocycles. The molecule has 2 aliphatic rings. The van der Waals surface area contributed by atoms with Crippen molar-refractivity contribution in [1.29, 1.82) is 0 Å². The quantitative estimate of drug-likeness (QED) is 0.563. The van der Waals surface area contributed by atoms with Gasteiger partial charge in [0.05, 0.1) is 0 Å². The topological polar surface area (TPSA) is 32.3 Å². The van der Waals surface area contributed by atoms with Crippen LogP contribution in [0.15, 0.2) is 40.3 Å². The summed E-state index contributed by atoms with van der Waals surface area (Å²) in [5.74, 6) is 1.01. The van der Waals surface area contributed by atoms with Crippen LogP contribution in [0.25, 0.3) is 10.2 Å². The van der Waals surface area contributed by atoms with Gasteiger partial charge in [-0.3, -0.25) is 0 Å². The van der Waals surface area contributed by atoms with Gasteiger partial charge in [0, 0.05) is 54.3 Å². The Bertz CT molecular complexity index is 977. The molecule has 0 atom stereocenters. The highest BCUT2D eigenvalue weighted by Crippen LogP contribution is 2.41. The molecule has 0 spiro atoms. The van der Waals surface area contributed by atoms with Crippen molar-refractivity contribution in [1.82, 2.24) is 19.8 Å². The first-order valence-corrected chi connectivity index (χ1v) is 12.3. The molecule has 0 unspecified atom stereocenters. The monoisotopic (exact) mass is 424 g/mol. The molecular weight excluding hydrogens is 396 g/mol. The van der Waals surface area contributed by atoms with Crippen molar-refractivity contribution in [2.75, 3.05) is 39.8 Å². The van der Waals surface area contributed by atoms with Crippen LogP contribution in [0, 0.1) is 0 Å². The van der Waals surface area contributed by atoms with Gasteiger partial charge in [-0.05, 0) is 50.4 Å². The van der Waals surface area contributed by atoms with Gasteiger partial charge in [0.1, 0.15) is 15.7 Å². The molecule has 0 bridgehead atoms. The van der Waals surface area contributed by atoms with E-state index >= 15 is 0 Å². The minimum atomic E-state index is 0.935. The van der Waals surface area contributed by atoms with E-state index in [0.717, 1.165) is 50.0 Å². The van der Waals surface area contributed by atoms with Crippen LogP contribution in [0.3, 0.4) is 0 Å². The highest BCUT2D eigenvalue weighted by Gasteiger charge is 2.22. The van der Waals surface area contributed by atoms with E-state index in [2.05, 4.69) is 47.2 Å². The van der Waals surface area contributed by atoms with Crippen LogP contribution >= 0.6 is 23.1 Å². The molecule has 3 heterocycles. The largest absolute Gasteiger partial charge is 0.304 e. The van der Waals surface area contributed by atoms with Gasteiger partial charge in [0.25, 0.3) is 0 Å². The summed E-state index contributed by atoms with van der Waals surface area (Å²) < 4.78 is 0. The first kappa shape index (κ1) is 19.5. The lowest BCUT2D eigenvalue weighted by molar-refractivity contribution is 0.155. The minimum absolute atomic E-state index is 0.935. The third kappa shape index (κ3) is 4.36. The Labute approximate surface area is 181 Å². The summed E-state index contributed by atoms with van der Waals surface area (Å²) in [4.78, 5) is 19.1. The summed E-state index contributed by atoms with van der Waals surface area (Å²) >= 11 is 3.72. The zero-order valence-corrected chi connectivity index (χ0v) is 18.7. The lowest BCUT2D eigenvalue weighted by Gasteiger charge is -2.32. The predicted molar refractivity (Wildman–Crippen MR) is 122 cm³/mol. The number of benzene rings is 1. The van der Waals surface area contributed by atoms with Crippen molar-refractivity contribution in [3.63, 3.8) is 0 Å². The van der Waals surface area contributed by atoms with E-state index < -0.39 is 0 Å². The van der Waals surface area contributed by atoms with Gasteiger partial charge >= 0.3 is 0 Å². The molecule has 1 saturated heterocycles. The van der Waals surface area contributed by atoms with Crippen molar-refractivity contribution >= 4 is 33.3 Å². The molecule has 0 N–H and O–H groups in total. The van der Waals surface area contributed by atoms with E-state index in [0.29, 0.717) is 0 Å². The van der Waals surface area contributed by atoms with Crippen molar-refractivity contribution in [3.8, 4) is 0 Å². The lowest BCUT2D eigenvalue weighted by Crippen LogP contribution is -2.45. The lowest BCUT2D eigenvalue weighted by atomic mass is 9.97. The number of nitrogens with zero attached hydrogens (tertiary/aromatic N) is 4. The predicted octanol–water partition coefficient (Wildman–Crippen LogP) is 4.51. The van der Waals surface area contributed by atoms with Crippen LogP contribution < -0.4 is 0 Å². The van der Waals surface area contributed by atoms with Gasteiger partial charge in [-0.1, -0.05) is 30.0 Å². The Kier molecular flexibility index (Phi) is 5.86. The molecule has 1 aliphatic carbocycles. The molecule has 152 valence electrons. The first-order valence-electron chi connectivity index (χ1n) is 10.7. The average Bonchev–Trinajstić information content (AvgIpc) is 3.13.